The van der Waals surface area contributed by atoms with Gasteiger partial charge in [0.2, 0.25) is 0 Å². The fraction of sp³-hybridized carbons (Fsp3) is 0.471. The van der Waals surface area contributed by atoms with E-state index in [0.717, 1.165) is 25.3 Å². The first kappa shape index (κ1) is 18.2. The van der Waals surface area contributed by atoms with Crippen LogP contribution in [-0.2, 0) is 9.53 Å². The van der Waals surface area contributed by atoms with Gasteiger partial charge in [0.1, 0.15) is 16.9 Å². The normalized spacial score (nSPS) is 17.4. The van der Waals surface area contributed by atoms with Crippen molar-refractivity contribution < 1.29 is 18.7 Å². The molecule has 0 bridgehead atoms. The van der Waals surface area contributed by atoms with Gasteiger partial charge in [-0.05, 0) is 31.9 Å². The van der Waals surface area contributed by atoms with E-state index in [-0.39, 0.29) is 5.02 Å². The van der Waals surface area contributed by atoms with Crippen molar-refractivity contribution in [2.75, 3.05) is 0 Å². The van der Waals surface area contributed by atoms with E-state index in [4.69, 9.17) is 16.3 Å². The summed E-state index contributed by atoms with van der Waals surface area (Å²) in [7, 11) is 0. The first-order chi connectivity index (χ1) is 11.4. The summed E-state index contributed by atoms with van der Waals surface area (Å²) in [6.45, 7) is 1.37. The second kappa shape index (κ2) is 7.63. The molecule has 1 amide bonds. The highest BCUT2D eigenvalue weighted by Gasteiger charge is 2.35. The van der Waals surface area contributed by atoms with Crippen molar-refractivity contribution in [2.45, 2.75) is 50.7 Å². The van der Waals surface area contributed by atoms with Crippen LogP contribution in [0.3, 0.4) is 0 Å². The Labute approximate surface area is 144 Å². The van der Waals surface area contributed by atoms with Crippen molar-refractivity contribution in [2.24, 2.45) is 0 Å². The van der Waals surface area contributed by atoms with Crippen molar-refractivity contribution in [3.8, 4) is 6.07 Å². The fourth-order valence-corrected chi connectivity index (χ4v) is 2.96. The molecule has 0 unspecified atom stereocenters. The predicted molar refractivity (Wildman–Crippen MR) is 85.9 cm³/mol. The van der Waals surface area contributed by atoms with Crippen molar-refractivity contribution >= 4 is 23.5 Å². The molecule has 5 nitrogen and oxygen atoms in total. The van der Waals surface area contributed by atoms with Crippen LogP contribution in [0.5, 0.6) is 0 Å². The first-order valence-electron chi connectivity index (χ1n) is 7.77. The molecule has 1 N–H and O–H groups in total. The van der Waals surface area contributed by atoms with E-state index in [1.54, 1.807) is 0 Å². The standard InChI is InChI=1S/C17H18ClFN2O3/c1-11(15(22)21-17(10-20)8-3-2-4-9-17)24-16(23)14-12(18)6-5-7-13(14)19/h5-7,11H,2-4,8-9H2,1H3,(H,21,22)/t11-/m1/s1. The number of benzene rings is 1. The Hall–Kier alpha value is -2.13. The summed E-state index contributed by atoms with van der Waals surface area (Å²) < 4.78 is 18.7. The molecule has 0 saturated heterocycles. The van der Waals surface area contributed by atoms with Crippen LogP contribution in [0.25, 0.3) is 0 Å². The second-order valence-corrected chi connectivity index (χ2v) is 6.30. The Kier molecular flexibility index (Phi) is 5.79. The van der Waals surface area contributed by atoms with Crippen LogP contribution in [0.15, 0.2) is 18.2 Å². The summed E-state index contributed by atoms with van der Waals surface area (Å²) in [5.74, 6) is -2.42. The number of rotatable bonds is 4. The lowest BCUT2D eigenvalue weighted by Crippen LogP contribution is -2.52. The number of nitriles is 1. The van der Waals surface area contributed by atoms with E-state index >= 15 is 0 Å². The zero-order valence-corrected chi connectivity index (χ0v) is 14.0. The highest BCUT2D eigenvalue weighted by molar-refractivity contribution is 6.33. The van der Waals surface area contributed by atoms with Crippen LogP contribution < -0.4 is 5.32 Å². The predicted octanol–water partition coefficient (Wildman–Crippen LogP) is 3.37. The summed E-state index contributed by atoms with van der Waals surface area (Å²) in [5, 5.41) is 11.9. The zero-order chi connectivity index (χ0) is 17.7. The number of hydrogen-bond donors (Lipinski definition) is 1. The van der Waals surface area contributed by atoms with E-state index in [1.165, 1.54) is 19.1 Å². The summed E-state index contributed by atoms with van der Waals surface area (Å²) in [4.78, 5) is 24.3. The topological polar surface area (TPSA) is 79.2 Å². The third-order valence-electron chi connectivity index (χ3n) is 4.10. The minimum atomic E-state index is -1.17. The molecule has 7 heteroatoms. The molecule has 1 aromatic carbocycles. The molecular weight excluding hydrogens is 335 g/mol. The number of nitrogens with zero attached hydrogens (tertiary/aromatic N) is 1. The minimum absolute atomic E-state index is 0.0895. The highest BCUT2D eigenvalue weighted by Crippen LogP contribution is 2.28. The highest BCUT2D eigenvalue weighted by atomic mass is 35.5. The number of nitrogens with one attached hydrogen (secondary N) is 1. The van der Waals surface area contributed by atoms with E-state index < -0.39 is 34.9 Å². The lowest BCUT2D eigenvalue weighted by atomic mass is 9.83. The third kappa shape index (κ3) is 4.04. The molecule has 128 valence electrons. The van der Waals surface area contributed by atoms with Crippen LogP contribution in [0.4, 0.5) is 4.39 Å². The number of hydrogen-bond acceptors (Lipinski definition) is 4. The number of carbonyl (C=O) groups excluding carboxylic acids is 2. The Morgan fingerprint density at radius 2 is 2.04 bits per heavy atom. The van der Waals surface area contributed by atoms with Gasteiger partial charge in [-0.25, -0.2) is 9.18 Å². The molecule has 2 rings (SSSR count). The first-order valence-corrected chi connectivity index (χ1v) is 8.14. The molecular formula is C17H18ClFN2O3. The molecule has 0 radical (unpaired) electrons. The SMILES string of the molecule is C[C@@H](OC(=O)c1c(F)cccc1Cl)C(=O)NC1(C#N)CCCCC1. The molecule has 0 heterocycles. The zero-order valence-electron chi connectivity index (χ0n) is 13.3. The number of halogens is 2. The van der Waals surface area contributed by atoms with E-state index in [1.807, 2.05) is 0 Å². The number of carbonyl (C=O) groups is 2. The van der Waals surface area contributed by atoms with Gasteiger partial charge < -0.3 is 10.1 Å². The molecule has 0 aromatic heterocycles. The molecule has 1 aliphatic rings. The smallest absolute Gasteiger partial charge is 0.343 e. The molecule has 1 atom stereocenters. The van der Waals surface area contributed by atoms with Crippen LogP contribution in [-0.4, -0.2) is 23.5 Å². The second-order valence-electron chi connectivity index (χ2n) is 5.89. The maximum atomic E-state index is 13.7. The summed E-state index contributed by atoms with van der Waals surface area (Å²) in [6.07, 6.45) is 2.69. The number of amides is 1. The van der Waals surface area contributed by atoms with Gasteiger partial charge in [-0.2, -0.15) is 5.26 Å². The van der Waals surface area contributed by atoms with Gasteiger partial charge in [0.25, 0.3) is 5.91 Å². The largest absolute Gasteiger partial charge is 0.449 e. The van der Waals surface area contributed by atoms with E-state index in [0.29, 0.717) is 12.8 Å². The molecule has 0 aliphatic heterocycles. The number of ether oxygens (including phenoxy) is 1. The molecule has 1 aromatic rings. The Morgan fingerprint density at radius 3 is 2.62 bits per heavy atom. The van der Waals surface area contributed by atoms with Gasteiger partial charge in [-0.3, -0.25) is 4.79 Å². The average molecular weight is 353 g/mol. The van der Waals surface area contributed by atoms with Crippen LogP contribution in [0, 0.1) is 17.1 Å². The van der Waals surface area contributed by atoms with Gasteiger partial charge in [0.05, 0.1) is 11.1 Å². The molecule has 0 spiro atoms. The van der Waals surface area contributed by atoms with Crippen molar-refractivity contribution in [3.63, 3.8) is 0 Å². The molecule has 24 heavy (non-hydrogen) atoms. The fourth-order valence-electron chi connectivity index (χ4n) is 2.72. The summed E-state index contributed by atoms with van der Waals surface area (Å²) in [5.41, 5.74) is -1.34. The summed E-state index contributed by atoms with van der Waals surface area (Å²) in [6, 6.07) is 5.96. The van der Waals surface area contributed by atoms with Crippen molar-refractivity contribution in [3.05, 3.63) is 34.6 Å². The van der Waals surface area contributed by atoms with Crippen molar-refractivity contribution in [1.29, 1.82) is 5.26 Å². The molecule has 1 aliphatic carbocycles. The van der Waals surface area contributed by atoms with Gasteiger partial charge >= 0.3 is 5.97 Å². The van der Waals surface area contributed by atoms with Gasteiger partial charge in [0.15, 0.2) is 6.10 Å². The molecule has 1 saturated carbocycles. The van der Waals surface area contributed by atoms with Crippen LogP contribution >= 0.6 is 11.6 Å². The molecule has 1 fully saturated rings. The van der Waals surface area contributed by atoms with E-state index in [2.05, 4.69) is 11.4 Å². The maximum absolute atomic E-state index is 13.7. The maximum Gasteiger partial charge on any atom is 0.343 e. The third-order valence-corrected chi connectivity index (χ3v) is 4.42. The monoisotopic (exact) mass is 352 g/mol. The average Bonchev–Trinajstić information content (AvgIpc) is 2.55. The van der Waals surface area contributed by atoms with Crippen LogP contribution in [0.2, 0.25) is 5.02 Å². The summed E-state index contributed by atoms with van der Waals surface area (Å²) >= 11 is 5.80. The lowest BCUT2D eigenvalue weighted by Gasteiger charge is -2.32. The van der Waals surface area contributed by atoms with Gasteiger partial charge in [-0.15, -0.1) is 0 Å². The number of esters is 1. The minimum Gasteiger partial charge on any atom is -0.449 e. The lowest BCUT2D eigenvalue weighted by molar-refractivity contribution is -0.130. The quantitative estimate of drug-likeness (QED) is 0.842. The van der Waals surface area contributed by atoms with Gasteiger partial charge in [-0.1, -0.05) is 36.9 Å². The Bertz CT molecular complexity index is 661. The Morgan fingerprint density at radius 1 is 1.38 bits per heavy atom. The van der Waals surface area contributed by atoms with Crippen molar-refractivity contribution in [1.82, 2.24) is 5.32 Å². The van der Waals surface area contributed by atoms with Gasteiger partial charge in [0, 0.05) is 0 Å². The van der Waals surface area contributed by atoms with Crippen LogP contribution in [0.1, 0.15) is 49.4 Å². The van der Waals surface area contributed by atoms with E-state index in [9.17, 15) is 19.2 Å². The Balaban J connectivity index is 2.03.